The van der Waals surface area contributed by atoms with Gasteiger partial charge in [-0.2, -0.15) is 0 Å². The minimum absolute atomic E-state index is 0.215. The van der Waals surface area contributed by atoms with E-state index in [0.29, 0.717) is 0 Å². The Balaban J connectivity index is 3.46. The van der Waals surface area contributed by atoms with Gasteiger partial charge in [0.15, 0.2) is 0 Å². The molecule has 0 aliphatic rings. The molecule has 1 heteroatoms. The third-order valence-corrected chi connectivity index (χ3v) is 4.93. The molecule has 0 bridgehead atoms. The molecule has 0 fully saturated rings. The van der Waals surface area contributed by atoms with Crippen LogP contribution in [-0.2, 0) is 0 Å². The van der Waals surface area contributed by atoms with Crippen LogP contribution in [0.3, 0.4) is 0 Å². The van der Waals surface area contributed by atoms with Crippen molar-refractivity contribution in [2.24, 2.45) is 5.92 Å². The Morgan fingerprint density at radius 2 is 1.70 bits per heavy atom. The first kappa shape index (κ1) is 10.3. The summed E-state index contributed by atoms with van der Waals surface area (Å²) in [5, 5.41) is 0. The van der Waals surface area contributed by atoms with Gasteiger partial charge in [-0.25, -0.2) is 10.0 Å². The second kappa shape index (κ2) is 4.27. The van der Waals surface area contributed by atoms with E-state index in [1.165, 1.54) is 17.9 Å². The second-order valence-corrected chi connectivity index (χ2v) is 8.46. The van der Waals surface area contributed by atoms with E-state index in [-0.39, 0.29) is 10.0 Å². The van der Waals surface area contributed by atoms with Gasteiger partial charge in [-0.15, -0.1) is 0 Å². The Bertz CT molecular complexity index is 84.7. The average Bonchev–Trinajstić information content (AvgIpc) is 1.85. The molecule has 0 spiro atoms. The maximum absolute atomic E-state index is 2.44. The minimum atomic E-state index is -0.215. The highest BCUT2D eigenvalue weighted by Crippen LogP contribution is 2.40. The third-order valence-electron chi connectivity index (χ3n) is 2.03. The highest BCUT2D eigenvalue weighted by molar-refractivity contribution is 8.32. The second-order valence-electron chi connectivity index (χ2n) is 3.94. The van der Waals surface area contributed by atoms with Gasteiger partial charge in [-0.3, -0.25) is 0 Å². The van der Waals surface area contributed by atoms with Crippen LogP contribution in [0.5, 0.6) is 0 Å². The molecule has 0 amide bonds. The lowest BCUT2D eigenvalue weighted by Gasteiger charge is -2.30. The topological polar surface area (TPSA) is 0 Å². The van der Waals surface area contributed by atoms with Crippen LogP contribution in [0.2, 0.25) is 0 Å². The van der Waals surface area contributed by atoms with Crippen LogP contribution in [0.4, 0.5) is 0 Å². The van der Waals surface area contributed by atoms with Gasteiger partial charge in [-0.05, 0) is 36.4 Å². The van der Waals surface area contributed by atoms with Crippen molar-refractivity contribution in [2.75, 3.05) is 24.0 Å². The smallest absolute Gasteiger partial charge is 0.0230 e. The van der Waals surface area contributed by atoms with Crippen LogP contribution in [0.25, 0.3) is 0 Å². The van der Waals surface area contributed by atoms with E-state index in [4.69, 9.17) is 0 Å². The van der Waals surface area contributed by atoms with E-state index in [0.717, 1.165) is 5.92 Å². The fraction of sp³-hybridized carbons (Fsp3) is 1.00. The molecule has 0 rings (SSSR count). The standard InChI is InChI=1S/C9H22S/c1-6-10(4,5)8-7-9(2)3/h9H,6-8H2,1-5H3. The SMILES string of the molecule is CCS(C)(C)CCC(C)C. The molecular weight excluding hydrogens is 140 g/mol. The van der Waals surface area contributed by atoms with Gasteiger partial charge in [0.1, 0.15) is 0 Å². The van der Waals surface area contributed by atoms with E-state index in [1.807, 2.05) is 0 Å². The van der Waals surface area contributed by atoms with Crippen LogP contribution < -0.4 is 0 Å². The lowest BCUT2D eigenvalue weighted by atomic mass is 10.2. The number of hydrogen-bond donors (Lipinski definition) is 0. The summed E-state index contributed by atoms with van der Waals surface area (Å²) < 4.78 is 0. The van der Waals surface area contributed by atoms with E-state index < -0.39 is 0 Å². The predicted molar refractivity (Wildman–Crippen MR) is 54.3 cm³/mol. The van der Waals surface area contributed by atoms with Crippen LogP contribution in [0.15, 0.2) is 0 Å². The summed E-state index contributed by atoms with van der Waals surface area (Å²) in [6, 6.07) is 0. The molecule has 0 aromatic rings. The number of rotatable bonds is 4. The summed E-state index contributed by atoms with van der Waals surface area (Å²) in [5.74, 6) is 3.74. The highest BCUT2D eigenvalue weighted by Gasteiger charge is 2.08. The van der Waals surface area contributed by atoms with Crippen LogP contribution in [0, 0.1) is 5.92 Å². The molecule has 64 valence electrons. The summed E-state index contributed by atoms with van der Waals surface area (Å²) in [4.78, 5) is 0. The molecule has 10 heavy (non-hydrogen) atoms. The third kappa shape index (κ3) is 5.16. The molecular formula is C9H22S. The Hall–Kier alpha value is 0.350. The van der Waals surface area contributed by atoms with Gasteiger partial charge >= 0.3 is 0 Å². The molecule has 0 aromatic heterocycles. The van der Waals surface area contributed by atoms with Gasteiger partial charge in [-0.1, -0.05) is 20.8 Å². The molecule has 0 aromatic carbocycles. The lowest BCUT2D eigenvalue weighted by molar-refractivity contribution is 0.630. The quantitative estimate of drug-likeness (QED) is 0.596. The van der Waals surface area contributed by atoms with Gasteiger partial charge < -0.3 is 0 Å². The zero-order valence-electron chi connectivity index (χ0n) is 8.11. The molecule has 0 unspecified atom stereocenters. The zero-order valence-corrected chi connectivity index (χ0v) is 8.92. The van der Waals surface area contributed by atoms with E-state index in [2.05, 4.69) is 33.3 Å². The molecule has 0 nitrogen and oxygen atoms in total. The maximum Gasteiger partial charge on any atom is -0.0230 e. The van der Waals surface area contributed by atoms with Gasteiger partial charge in [0.25, 0.3) is 0 Å². The van der Waals surface area contributed by atoms with Crippen molar-refractivity contribution in [1.82, 2.24) is 0 Å². The monoisotopic (exact) mass is 162 g/mol. The molecule has 0 aliphatic carbocycles. The summed E-state index contributed by atoms with van der Waals surface area (Å²) in [7, 11) is -0.215. The van der Waals surface area contributed by atoms with Crippen molar-refractivity contribution >= 4 is 10.0 Å². The van der Waals surface area contributed by atoms with Gasteiger partial charge in [0.05, 0.1) is 0 Å². The van der Waals surface area contributed by atoms with Crippen LogP contribution in [0.1, 0.15) is 27.2 Å². The first-order valence-electron chi connectivity index (χ1n) is 4.16. The summed E-state index contributed by atoms with van der Waals surface area (Å²) >= 11 is 0. The zero-order chi connectivity index (χ0) is 8.20. The van der Waals surface area contributed by atoms with Crippen LogP contribution >= 0.6 is 10.0 Å². The minimum Gasteiger partial charge on any atom is -0.247 e. The Kier molecular flexibility index (Phi) is 4.42. The van der Waals surface area contributed by atoms with Crippen molar-refractivity contribution in [3.8, 4) is 0 Å². The largest absolute Gasteiger partial charge is 0.247 e. The summed E-state index contributed by atoms with van der Waals surface area (Å²) in [6.07, 6.45) is 6.29. The van der Waals surface area contributed by atoms with Crippen molar-refractivity contribution < 1.29 is 0 Å². The lowest BCUT2D eigenvalue weighted by Crippen LogP contribution is -2.05. The molecule has 0 atom stereocenters. The van der Waals surface area contributed by atoms with Crippen molar-refractivity contribution in [3.05, 3.63) is 0 Å². The fourth-order valence-corrected chi connectivity index (χ4v) is 2.10. The van der Waals surface area contributed by atoms with Gasteiger partial charge in [0, 0.05) is 0 Å². The molecule has 0 heterocycles. The average molecular weight is 162 g/mol. The van der Waals surface area contributed by atoms with Crippen LogP contribution in [-0.4, -0.2) is 24.0 Å². The van der Waals surface area contributed by atoms with E-state index >= 15 is 0 Å². The van der Waals surface area contributed by atoms with Crippen molar-refractivity contribution in [3.63, 3.8) is 0 Å². The number of hydrogen-bond acceptors (Lipinski definition) is 0. The fourth-order valence-electron chi connectivity index (χ4n) is 0.699. The molecule has 0 saturated carbocycles. The predicted octanol–water partition coefficient (Wildman–Crippen LogP) is 3.12. The highest BCUT2D eigenvalue weighted by atomic mass is 32.3. The van der Waals surface area contributed by atoms with Gasteiger partial charge in [0.2, 0.25) is 0 Å². The molecule has 0 N–H and O–H groups in total. The summed E-state index contributed by atoms with van der Waals surface area (Å²) in [5.41, 5.74) is 0. The Labute approximate surface area is 67.7 Å². The normalized spacial score (nSPS) is 14.2. The van der Waals surface area contributed by atoms with Crippen molar-refractivity contribution in [2.45, 2.75) is 27.2 Å². The first-order valence-corrected chi connectivity index (χ1v) is 6.95. The molecule has 0 radical (unpaired) electrons. The van der Waals surface area contributed by atoms with Crippen molar-refractivity contribution in [1.29, 1.82) is 0 Å². The van der Waals surface area contributed by atoms with E-state index in [9.17, 15) is 0 Å². The molecule has 0 aliphatic heterocycles. The maximum atomic E-state index is 2.44. The van der Waals surface area contributed by atoms with E-state index in [1.54, 1.807) is 0 Å². The molecule has 0 saturated heterocycles. The Morgan fingerprint density at radius 3 is 2.00 bits per heavy atom. The summed E-state index contributed by atoms with van der Waals surface area (Å²) in [6.45, 7) is 6.94. The first-order chi connectivity index (χ1) is 4.48. The Morgan fingerprint density at radius 1 is 1.20 bits per heavy atom.